The summed E-state index contributed by atoms with van der Waals surface area (Å²) >= 11 is 0. The SMILES string of the molecule is Cc1ccccc1NC1CC2CC1C1CCCC21. The molecule has 3 aliphatic carbocycles. The molecule has 4 rings (SSSR count). The van der Waals surface area contributed by atoms with Crippen molar-refractivity contribution < 1.29 is 0 Å². The molecule has 1 nitrogen and oxygen atoms in total. The van der Waals surface area contributed by atoms with Gasteiger partial charge in [0.05, 0.1) is 0 Å². The number of rotatable bonds is 2. The van der Waals surface area contributed by atoms with E-state index in [2.05, 4.69) is 36.5 Å². The van der Waals surface area contributed by atoms with E-state index in [1.807, 2.05) is 0 Å². The van der Waals surface area contributed by atoms with Crippen molar-refractivity contribution in [3.8, 4) is 0 Å². The first-order valence-electron chi connectivity index (χ1n) is 7.65. The Morgan fingerprint density at radius 3 is 2.72 bits per heavy atom. The molecule has 0 aliphatic heterocycles. The zero-order valence-corrected chi connectivity index (χ0v) is 11.2. The van der Waals surface area contributed by atoms with Gasteiger partial charge in [0.1, 0.15) is 0 Å². The molecule has 1 aromatic rings. The Bertz CT molecular complexity index is 453. The van der Waals surface area contributed by atoms with Crippen LogP contribution in [-0.4, -0.2) is 6.04 Å². The summed E-state index contributed by atoms with van der Waals surface area (Å²) in [6.07, 6.45) is 7.49. The molecule has 0 heterocycles. The number of hydrogen-bond acceptors (Lipinski definition) is 1. The van der Waals surface area contributed by atoms with Crippen molar-refractivity contribution in [1.82, 2.24) is 0 Å². The maximum absolute atomic E-state index is 3.85. The van der Waals surface area contributed by atoms with Gasteiger partial charge in [-0.1, -0.05) is 24.6 Å². The summed E-state index contributed by atoms with van der Waals surface area (Å²) in [5.74, 6) is 4.18. The first-order chi connectivity index (χ1) is 8.83. The summed E-state index contributed by atoms with van der Waals surface area (Å²) < 4.78 is 0. The van der Waals surface area contributed by atoms with Crippen LogP contribution >= 0.6 is 0 Å². The van der Waals surface area contributed by atoms with Gasteiger partial charge in [-0.25, -0.2) is 0 Å². The number of nitrogens with one attached hydrogen (secondary N) is 1. The Labute approximate surface area is 110 Å². The first kappa shape index (κ1) is 10.9. The molecule has 3 saturated carbocycles. The van der Waals surface area contributed by atoms with Gasteiger partial charge < -0.3 is 5.32 Å². The third-order valence-electron chi connectivity index (χ3n) is 5.91. The van der Waals surface area contributed by atoms with Crippen molar-refractivity contribution in [1.29, 1.82) is 0 Å². The molecule has 0 aromatic heterocycles. The molecule has 96 valence electrons. The van der Waals surface area contributed by atoms with E-state index in [-0.39, 0.29) is 0 Å². The average molecular weight is 241 g/mol. The molecular weight excluding hydrogens is 218 g/mol. The Morgan fingerprint density at radius 2 is 1.83 bits per heavy atom. The topological polar surface area (TPSA) is 12.0 Å². The molecule has 1 N–H and O–H groups in total. The van der Waals surface area contributed by atoms with Gasteiger partial charge >= 0.3 is 0 Å². The normalized spacial score (nSPS) is 41.1. The van der Waals surface area contributed by atoms with Gasteiger partial charge in [0.2, 0.25) is 0 Å². The summed E-state index contributed by atoms with van der Waals surface area (Å²) in [6.45, 7) is 2.22. The van der Waals surface area contributed by atoms with E-state index in [0.717, 1.165) is 29.7 Å². The van der Waals surface area contributed by atoms with Crippen molar-refractivity contribution in [3.63, 3.8) is 0 Å². The summed E-state index contributed by atoms with van der Waals surface area (Å²) in [7, 11) is 0. The highest BCUT2D eigenvalue weighted by Gasteiger charge is 2.53. The molecule has 0 radical (unpaired) electrons. The fraction of sp³-hybridized carbons (Fsp3) is 0.647. The van der Waals surface area contributed by atoms with Crippen molar-refractivity contribution in [2.45, 2.75) is 45.1 Å². The van der Waals surface area contributed by atoms with Crippen LogP contribution in [0, 0.1) is 30.6 Å². The molecule has 5 unspecified atom stereocenters. The standard InChI is InChI=1S/C17H23N/c1-11-5-2-3-8-16(11)18-17-10-12-9-15(17)14-7-4-6-13(12)14/h2-3,5,8,12-15,17-18H,4,6-7,9-10H2,1H3. The molecule has 1 heteroatoms. The summed E-state index contributed by atoms with van der Waals surface area (Å²) in [6, 6.07) is 9.51. The molecule has 0 spiro atoms. The predicted molar refractivity (Wildman–Crippen MR) is 75.6 cm³/mol. The molecule has 3 fully saturated rings. The second kappa shape index (κ2) is 4.01. The molecule has 0 amide bonds. The van der Waals surface area contributed by atoms with Crippen LogP contribution in [-0.2, 0) is 0 Å². The van der Waals surface area contributed by atoms with Gasteiger partial charge in [0, 0.05) is 11.7 Å². The quantitative estimate of drug-likeness (QED) is 0.817. The fourth-order valence-corrected chi connectivity index (χ4v) is 5.17. The lowest BCUT2D eigenvalue weighted by Crippen LogP contribution is -2.34. The van der Waals surface area contributed by atoms with Crippen molar-refractivity contribution >= 4 is 5.69 Å². The van der Waals surface area contributed by atoms with Crippen LogP contribution in [0.1, 0.15) is 37.7 Å². The Kier molecular flexibility index (Phi) is 2.43. The van der Waals surface area contributed by atoms with Gasteiger partial charge in [0.25, 0.3) is 0 Å². The van der Waals surface area contributed by atoms with E-state index in [1.165, 1.54) is 43.4 Å². The zero-order valence-electron chi connectivity index (χ0n) is 11.2. The second-order valence-corrected chi connectivity index (χ2v) is 6.72. The van der Waals surface area contributed by atoms with Crippen LogP contribution in [0.5, 0.6) is 0 Å². The number of benzene rings is 1. The van der Waals surface area contributed by atoms with Gasteiger partial charge in [0.15, 0.2) is 0 Å². The van der Waals surface area contributed by atoms with Crippen molar-refractivity contribution in [2.75, 3.05) is 5.32 Å². The largest absolute Gasteiger partial charge is 0.382 e. The molecular formula is C17H23N. The maximum atomic E-state index is 3.85. The maximum Gasteiger partial charge on any atom is 0.0372 e. The smallest absolute Gasteiger partial charge is 0.0372 e. The Hall–Kier alpha value is -0.980. The minimum Gasteiger partial charge on any atom is -0.382 e. The third kappa shape index (κ3) is 1.52. The summed E-state index contributed by atoms with van der Waals surface area (Å²) in [5.41, 5.74) is 2.76. The van der Waals surface area contributed by atoms with Crippen molar-refractivity contribution in [3.05, 3.63) is 29.8 Å². The van der Waals surface area contributed by atoms with E-state index in [9.17, 15) is 0 Å². The van der Waals surface area contributed by atoms with E-state index >= 15 is 0 Å². The van der Waals surface area contributed by atoms with Gasteiger partial charge in [-0.2, -0.15) is 0 Å². The van der Waals surface area contributed by atoms with Gasteiger partial charge in [-0.05, 0) is 67.9 Å². The third-order valence-corrected chi connectivity index (χ3v) is 5.91. The fourth-order valence-electron chi connectivity index (χ4n) is 5.17. The summed E-state index contributed by atoms with van der Waals surface area (Å²) in [5, 5.41) is 3.85. The lowest BCUT2D eigenvalue weighted by atomic mass is 9.79. The molecule has 18 heavy (non-hydrogen) atoms. The number of aryl methyl sites for hydroxylation is 1. The number of anilines is 1. The molecule has 5 atom stereocenters. The Balaban J connectivity index is 1.53. The van der Waals surface area contributed by atoms with Crippen LogP contribution in [0.25, 0.3) is 0 Å². The molecule has 3 aliphatic rings. The molecule has 1 aromatic carbocycles. The van der Waals surface area contributed by atoms with E-state index < -0.39 is 0 Å². The van der Waals surface area contributed by atoms with Crippen LogP contribution in [0.2, 0.25) is 0 Å². The van der Waals surface area contributed by atoms with E-state index in [1.54, 1.807) is 0 Å². The minimum absolute atomic E-state index is 0.760. The second-order valence-electron chi connectivity index (χ2n) is 6.72. The Morgan fingerprint density at radius 1 is 1.00 bits per heavy atom. The molecule has 0 saturated heterocycles. The number of hydrogen-bond donors (Lipinski definition) is 1. The lowest BCUT2D eigenvalue weighted by Gasteiger charge is -2.33. The van der Waals surface area contributed by atoms with Gasteiger partial charge in [-0.15, -0.1) is 0 Å². The van der Waals surface area contributed by atoms with Crippen LogP contribution < -0.4 is 5.32 Å². The van der Waals surface area contributed by atoms with Crippen LogP contribution in [0.4, 0.5) is 5.69 Å². The van der Waals surface area contributed by atoms with Crippen LogP contribution in [0.3, 0.4) is 0 Å². The highest BCUT2D eigenvalue weighted by Crippen LogP contribution is 2.59. The van der Waals surface area contributed by atoms with E-state index in [0.29, 0.717) is 0 Å². The average Bonchev–Trinajstić information content (AvgIpc) is 3.03. The number of para-hydroxylation sites is 1. The van der Waals surface area contributed by atoms with Crippen LogP contribution in [0.15, 0.2) is 24.3 Å². The van der Waals surface area contributed by atoms with E-state index in [4.69, 9.17) is 0 Å². The highest BCUT2D eigenvalue weighted by atomic mass is 15.0. The molecule has 2 bridgehead atoms. The minimum atomic E-state index is 0.760. The number of fused-ring (bicyclic) bond motifs is 5. The van der Waals surface area contributed by atoms with Gasteiger partial charge in [-0.3, -0.25) is 0 Å². The lowest BCUT2D eigenvalue weighted by molar-refractivity contribution is 0.243. The zero-order chi connectivity index (χ0) is 12.1. The first-order valence-corrected chi connectivity index (χ1v) is 7.65. The predicted octanol–water partition coefficient (Wildman–Crippen LogP) is 4.23. The van der Waals surface area contributed by atoms with Crippen molar-refractivity contribution in [2.24, 2.45) is 23.7 Å². The highest BCUT2D eigenvalue weighted by molar-refractivity contribution is 5.51. The monoisotopic (exact) mass is 241 g/mol. The summed E-state index contributed by atoms with van der Waals surface area (Å²) in [4.78, 5) is 0.